The number of carbonyl (C=O) groups is 1. The lowest BCUT2D eigenvalue weighted by Gasteiger charge is -2.16. The fourth-order valence-corrected chi connectivity index (χ4v) is 2.04. The number of ether oxygens (including phenoxy) is 1. The first-order valence-electron chi connectivity index (χ1n) is 7.32. The molecule has 112 valence electrons. The summed E-state index contributed by atoms with van der Waals surface area (Å²) in [5.41, 5.74) is 0.760. The average Bonchev–Trinajstić information content (AvgIpc) is 2.37. The maximum absolute atomic E-state index is 12.2. The van der Waals surface area contributed by atoms with E-state index in [9.17, 15) is 4.79 Å². The summed E-state index contributed by atoms with van der Waals surface area (Å²) in [6.45, 7) is 7.82. The topological polar surface area (TPSA) is 29.5 Å². The van der Waals surface area contributed by atoms with Crippen LogP contribution in [0.5, 0.6) is 5.75 Å². The minimum atomic E-state index is 0.0118. The molecule has 0 aliphatic rings. The Labute approximate surface area is 122 Å². The molecule has 0 fully saturated rings. The second-order valence-electron chi connectivity index (χ2n) is 6.08. The van der Waals surface area contributed by atoms with E-state index >= 15 is 0 Å². The van der Waals surface area contributed by atoms with Crippen LogP contribution in [0.15, 0.2) is 24.3 Å². The molecule has 1 rings (SSSR count). The maximum atomic E-state index is 12.2. The Hall–Kier alpha value is -1.35. The van der Waals surface area contributed by atoms with E-state index < -0.39 is 0 Å². The molecule has 20 heavy (non-hydrogen) atoms. The highest BCUT2D eigenvalue weighted by atomic mass is 16.5. The summed E-state index contributed by atoms with van der Waals surface area (Å²) in [6, 6.07) is 7.49. The molecule has 1 aromatic rings. The van der Waals surface area contributed by atoms with Crippen molar-refractivity contribution in [2.75, 3.05) is 27.2 Å². The summed E-state index contributed by atoms with van der Waals surface area (Å²) in [5.74, 6) is 1.68. The lowest BCUT2D eigenvalue weighted by molar-refractivity contribution is 0.0910. The van der Waals surface area contributed by atoms with Crippen LogP contribution in [-0.4, -0.2) is 37.9 Å². The van der Waals surface area contributed by atoms with Gasteiger partial charge in [-0.15, -0.1) is 0 Å². The number of carbonyl (C=O) groups excluding carboxylic acids is 1. The Balaban J connectivity index is 2.55. The molecule has 0 aliphatic heterocycles. The fraction of sp³-hybridized carbons (Fsp3) is 0.588. The standard InChI is InChI=1S/C17H27NO2/c1-13(2)10-11-20-16-8-6-15(7-9-16)17(19)14(3)12-18(4)5/h6-9,13-14H,10-12H2,1-5H3. The number of ketones is 1. The molecule has 0 saturated carbocycles. The van der Waals surface area contributed by atoms with Gasteiger partial charge in [-0.2, -0.15) is 0 Å². The minimum absolute atomic E-state index is 0.0118. The Kier molecular flexibility index (Phi) is 6.73. The van der Waals surface area contributed by atoms with E-state index in [0.717, 1.165) is 30.9 Å². The van der Waals surface area contributed by atoms with E-state index in [2.05, 4.69) is 13.8 Å². The Morgan fingerprint density at radius 3 is 2.25 bits per heavy atom. The SMILES string of the molecule is CC(C)CCOc1ccc(C(=O)C(C)CN(C)C)cc1. The van der Waals surface area contributed by atoms with Crippen LogP contribution < -0.4 is 4.74 Å². The van der Waals surface area contributed by atoms with Crippen molar-refractivity contribution >= 4 is 5.78 Å². The van der Waals surface area contributed by atoms with E-state index in [1.165, 1.54) is 0 Å². The Bertz CT molecular complexity index is 410. The molecular weight excluding hydrogens is 250 g/mol. The van der Waals surface area contributed by atoms with Crippen molar-refractivity contribution in [3.8, 4) is 5.75 Å². The second-order valence-corrected chi connectivity index (χ2v) is 6.08. The molecule has 3 nitrogen and oxygen atoms in total. The maximum Gasteiger partial charge on any atom is 0.166 e. The third-order valence-electron chi connectivity index (χ3n) is 3.19. The summed E-state index contributed by atoms with van der Waals surface area (Å²) >= 11 is 0. The number of hydrogen-bond acceptors (Lipinski definition) is 3. The van der Waals surface area contributed by atoms with Crippen molar-refractivity contribution in [3.05, 3.63) is 29.8 Å². The van der Waals surface area contributed by atoms with Gasteiger partial charge in [-0.1, -0.05) is 20.8 Å². The van der Waals surface area contributed by atoms with Crippen molar-refractivity contribution in [3.63, 3.8) is 0 Å². The second kappa shape index (κ2) is 8.05. The molecule has 1 unspecified atom stereocenters. The number of benzene rings is 1. The quantitative estimate of drug-likeness (QED) is 0.681. The number of hydrogen-bond donors (Lipinski definition) is 0. The van der Waals surface area contributed by atoms with E-state index in [4.69, 9.17) is 4.74 Å². The lowest BCUT2D eigenvalue weighted by Crippen LogP contribution is -2.25. The van der Waals surface area contributed by atoms with Gasteiger partial charge in [0.25, 0.3) is 0 Å². The summed E-state index contributed by atoms with van der Waals surface area (Å²) in [7, 11) is 3.96. The summed E-state index contributed by atoms with van der Waals surface area (Å²) in [5, 5.41) is 0. The molecule has 0 spiro atoms. The molecule has 3 heteroatoms. The minimum Gasteiger partial charge on any atom is -0.494 e. The fourth-order valence-electron chi connectivity index (χ4n) is 2.04. The highest BCUT2D eigenvalue weighted by Crippen LogP contribution is 2.16. The van der Waals surface area contributed by atoms with Crippen LogP contribution in [0, 0.1) is 11.8 Å². The van der Waals surface area contributed by atoms with Crippen LogP contribution in [0.1, 0.15) is 37.6 Å². The van der Waals surface area contributed by atoms with E-state index in [0.29, 0.717) is 5.92 Å². The highest BCUT2D eigenvalue weighted by molar-refractivity contribution is 5.97. The molecule has 0 radical (unpaired) electrons. The number of Topliss-reactive ketones (excluding diaryl/α,β-unsaturated/α-hetero) is 1. The molecule has 0 bridgehead atoms. The summed E-state index contributed by atoms with van der Waals surface area (Å²) in [4.78, 5) is 14.3. The van der Waals surface area contributed by atoms with E-state index in [1.807, 2.05) is 50.2 Å². The van der Waals surface area contributed by atoms with Gasteiger partial charge in [0.15, 0.2) is 5.78 Å². The lowest BCUT2D eigenvalue weighted by atomic mass is 9.99. The smallest absolute Gasteiger partial charge is 0.166 e. The van der Waals surface area contributed by atoms with Gasteiger partial charge in [0.05, 0.1) is 6.61 Å². The monoisotopic (exact) mass is 277 g/mol. The Morgan fingerprint density at radius 2 is 1.75 bits per heavy atom. The van der Waals surface area contributed by atoms with Crippen LogP contribution in [0.4, 0.5) is 0 Å². The van der Waals surface area contributed by atoms with Crippen LogP contribution >= 0.6 is 0 Å². The molecule has 0 amide bonds. The largest absolute Gasteiger partial charge is 0.494 e. The van der Waals surface area contributed by atoms with Gasteiger partial charge in [0.2, 0.25) is 0 Å². The first-order chi connectivity index (χ1) is 9.40. The van der Waals surface area contributed by atoms with Crippen molar-refractivity contribution in [1.82, 2.24) is 4.90 Å². The van der Waals surface area contributed by atoms with Crippen molar-refractivity contribution in [2.24, 2.45) is 11.8 Å². The van der Waals surface area contributed by atoms with Gasteiger partial charge in [-0.3, -0.25) is 4.79 Å². The number of rotatable bonds is 8. The Morgan fingerprint density at radius 1 is 1.15 bits per heavy atom. The summed E-state index contributed by atoms with van der Waals surface area (Å²) < 4.78 is 5.66. The first-order valence-corrected chi connectivity index (χ1v) is 7.32. The van der Waals surface area contributed by atoms with Crippen LogP contribution in [0.3, 0.4) is 0 Å². The predicted molar refractivity (Wildman–Crippen MR) is 83.4 cm³/mol. The summed E-state index contributed by atoms with van der Waals surface area (Å²) in [6.07, 6.45) is 1.04. The average molecular weight is 277 g/mol. The van der Waals surface area contributed by atoms with Gasteiger partial charge >= 0.3 is 0 Å². The van der Waals surface area contributed by atoms with Crippen molar-refractivity contribution in [2.45, 2.75) is 27.2 Å². The van der Waals surface area contributed by atoms with Crippen molar-refractivity contribution in [1.29, 1.82) is 0 Å². The normalized spacial score (nSPS) is 12.8. The van der Waals surface area contributed by atoms with Crippen LogP contribution in [-0.2, 0) is 0 Å². The first kappa shape index (κ1) is 16.7. The predicted octanol–water partition coefficient (Wildman–Crippen LogP) is 3.49. The molecule has 1 atom stereocenters. The third-order valence-corrected chi connectivity index (χ3v) is 3.19. The van der Waals surface area contributed by atoms with E-state index in [1.54, 1.807) is 0 Å². The van der Waals surface area contributed by atoms with Crippen LogP contribution in [0.2, 0.25) is 0 Å². The third kappa shape index (κ3) is 5.74. The van der Waals surface area contributed by atoms with Gasteiger partial charge in [0.1, 0.15) is 5.75 Å². The molecule has 0 heterocycles. The molecule has 0 saturated heterocycles. The van der Waals surface area contributed by atoms with E-state index in [-0.39, 0.29) is 11.7 Å². The van der Waals surface area contributed by atoms with Gasteiger partial charge < -0.3 is 9.64 Å². The highest BCUT2D eigenvalue weighted by Gasteiger charge is 2.15. The molecule has 0 aromatic heterocycles. The molecule has 0 aliphatic carbocycles. The zero-order valence-electron chi connectivity index (χ0n) is 13.3. The molecular formula is C17H27NO2. The van der Waals surface area contributed by atoms with Crippen LogP contribution in [0.25, 0.3) is 0 Å². The van der Waals surface area contributed by atoms with Gasteiger partial charge in [-0.05, 0) is 50.7 Å². The molecule has 0 N–H and O–H groups in total. The number of nitrogens with zero attached hydrogens (tertiary/aromatic N) is 1. The zero-order valence-corrected chi connectivity index (χ0v) is 13.3. The van der Waals surface area contributed by atoms with Gasteiger partial charge in [0, 0.05) is 18.0 Å². The zero-order chi connectivity index (χ0) is 15.1. The molecule has 1 aromatic carbocycles. The van der Waals surface area contributed by atoms with Gasteiger partial charge in [-0.25, -0.2) is 0 Å². The van der Waals surface area contributed by atoms with Crippen molar-refractivity contribution < 1.29 is 9.53 Å².